The fraction of sp³-hybridized carbons (Fsp3) is 0.0909. The van der Waals surface area contributed by atoms with Gasteiger partial charge >= 0.3 is 0 Å². The lowest BCUT2D eigenvalue weighted by atomic mass is 10.2. The van der Waals surface area contributed by atoms with E-state index in [9.17, 15) is 0 Å². The Hall–Kier alpha value is -2.00. The summed E-state index contributed by atoms with van der Waals surface area (Å²) in [6.45, 7) is 1.72. The first-order valence-electron chi connectivity index (χ1n) is 4.78. The minimum Gasteiger partial charge on any atom is -0.382 e. The number of aromatic nitrogens is 3. The van der Waals surface area contributed by atoms with Gasteiger partial charge in [0.25, 0.3) is 0 Å². The third-order valence-electron chi connectivity index (χ3n) is 2.20. The van der Waals surface area contributed by atoms with Crippen molar-refractivity contribution < 1.29 is 0 Å². The number of nitrogens with two attached hydrogens (primary N) is 1. The molecule has 0 fully saturated rings. The molecule has 2 aromatic rings. The summed E-state index contributed by atoms with van der Waals surface area (Å²) in [6, 6.07) is 5.62. The maximum Gasteiger partial charge on any atom is 0.181 e. The molecule has 5 nitrogen and oxygen atoms in total. The van der Waals surface area contributed by atoms with Gasteiger partial charge in [0, 0.05) is 10.7 Å². The van der Waals surface area contributed by atoms with Crippen LogP contribution in [0.2, 0.25) is 0 Å². The second kappa shape index (κ2) is 4.47. The van der Waals surface area contributed by atoms with Crippen LogP contribution in [-0.2, 0) is 0 Å². The molecular formula is C11H8BrN5. The Balaban J connectivity index is 2.64. The minimum absolute atomic E-state index is 0.174. The lowest BCUT2D eigenvalue weighted by Gasteiger charge is -2.05. The molecule has 6 heteroatoms. The molecular weight excluding hydrogens is 282 g/mol. The molecule has 0 saturated carbocycles. The van der Waals surface area contributed by atoms with Crippen molar-refractivity contribution in [1.29, 1.82) is 5.26 Å². The highest BCUT2D eigenvalue weighted by atomic mass is 79.9. The van der Waals surface area contributed by atoms with E-state index in [0.717, 1.165) is 4.47 Å². The summed E-state index contributed by atoms with van der Waals surface area (Å²) in [5.74, 6) is 0.582. The molecule has 0 bridgehead atoms. The molecule has 0 radical (unpaired) electrons. The van der Waals surface area contributed by atoms with Crippen molar-refractivity contribution in [2.45, 2.75) is 6.92 Å². The maximum atomic E-state index is 8.88. The van der Waals surface area contributed by atoms with Crippen molar-refractivity contribution in [2.24, 2.45) is 0 Å². The van der Waals surface area contributed by atoms with Crippen LogP contribution in [0.1, 0.15) is 11.3 Å². The zero-order valence-electron chi connectivity index (χ0n) is 8.98. The maximum absolute atomic E-state index is 8.88. The molecule has 0 aliphatic carbocycles. The molecule has 17 heavy (non-hydrogen) atoms. The summed E-state index contributed by atoms with van der Waals surface area (Å²) in [6.07, 6.45) is 1.65. The van der Waals surface area contributed by atoms with Crippen LogP contribution in [0.3, 0.4) is 0 Å². The molecule has 0 spiro atoms. The van der Waals surface area contributed by atoms with Gasteiger partial charge in [0.15, 0.2) is 5.82 Å². The van der Waals surface area contributed by atoms with E-state index >= 15 is 0 Å². The van der Waals surface area contributed by atoms with Crippen LogP contribution in [0.5, 0.6) is 0 Å². The van der Waals surface area contributed by atoms with Crippen molar-refractivity contribution in [2.75, 3.05) is 5.73 Å². The number of nitrogens with zero attached hydrogens (tertiary/aromatic N) is 4. The van der Waals surface area contributed by atoms with Crippen LogP contribution < -0.4 is 5.73 Å². The van der Waals surface area contributed by atoms with Crippen LogP contribution in [-0.4, -0.2) is 15.0 Å². The van der Waals surface area contributed by atoms with Crippen LogP contribution in [0.4, 0.5) is 5.82 Å². The van der Waals surface area contributed by atoms with E-state index in [0.29, 0.717) is 22.8 Å². The Bertz CT molecular complexity index is 594. The quantitative estimate of drug-likeness (QED) is 0.868. The van der Waals surface area contributed by atoms with Crippen molar-refractivity contribution in [3.63, 3.8) is 0 Å². The van der Waals surface area contributed by atoms with Gasteiger partial charge in [-0.15, -0.1) is 0 Å². The predicted molar refractivity (Wildman–Crippen MR) is 66.8 cm³/mol. The highest BCUT2D eigenvalue weighted by molar-refractivity contribution is 9.10. The Morgan fingerprint density at radius 3 is 2.76 bits per heavy atom. The van der Waals surface area contributed by atoms with Gasteiger partial charge in [-0.2, -0.15) is 5.26 Å². The fourth-order valence-corrected chi connectivity index (χ4v) is 1.82. The highest BCUT2D eigenvalue weighted by Crippen LogP contribution is 2.24. The molecule has 84 valence electrons. The zero-order valence-corrected chi connectivity index (χ0v) is 10.6. The summed E-state index contributed by atoms with van der Waals surface area (Å²) in [5.41, 5.74) is 7.16. The van der Waals surface area contributed by atoms with Crippen LogP contribution >= 0.6 is 15.9 Å². The Morgan fingerprint density at radius 2 is 2.18 bits per heavy atom. The van der Waals surface area contributed by atoms with Crippen LogP contribution in [0.15, 0.2) is 22.8 Å². The molecule has 0 aromatic carbocycles. The topological polar surface area (TPSA) is 88.5 Å². The van der Waals surface area contributed by atoms with Gasteiger partial charge in [-0.1, -0.05) is 0 Å². The molecule has 0 saturated heterocycles. The normalized spacial score (nSPS) is 9.94. The van der Waals surface area contributed by atoms with E-state index in [1.807, 2.05) is 12.1 Å². The van der Waals surface area contributed by atoms with E-state index in [2.05, 4.69) is 30.9 Å². The van der Waals surface area contributed by atoms with E-state index in [1.54, 1.807) is 19.2 Å². The fourth-order valence-electron chi connectivity index (χ4n) is 1.39. The van der Waals surface area contributed by atoms with Crippen molar-refractivity contribution in [1.82, 2.24) is 15.0 Å². The van der Waals surface area contributed by atoms with Gasteiger partial charge in [0.1, 0.15) is 23.1 Å². The highest BCUT2D eigenvalue weighted by Gasteiger charge is 2.12. The summed E-state index contributed by atoms with van der Waals surface area (Å²) in [7, 11) is 0. The lowest BCUT2D eigenvalue weighted by Crippen LogP contribution is -2.03. The van der Waals surface area contributed by atoms with E-state index in [1.165, 1.54) is 0 Å². The number of nitrogen functional groups attached to an aromatic ring is 1. The van der Waals surface area contributed by atoms with E-state index in [4.69, 9.17) is 11.0 Å². The lowest BCUT2D eigenvalue weighted by molar-refractivity contribution is 1.08. The first-order valence-corrected chi connectivity index (χ1v) is 5.58. The molecule has 2 N–H and O–H groups in total. The first-order chi connectivity index (χ1) is 8.13. The van der Waals surface area contributed by atoms with Crippen LogP contribution in [0, 0.1) is 18.3 Å². The molecule has 0 amide bonds. The molecule has 2 heterocycles. The van der Waals surface area contributed by atoms with E-state index in [-0.39, 0.29) is 5.82 Å². The number of halogens is 1. The number of hydrogen-bond donors (Lipinski definition) is 1. The summed E-state index contributed by atoms with van der Waals surface area (Å²) >= 11 is 3.37. The number of rotatable bonds is 1. The largest absolute Gasteiger partial charge is 0.382 e. The zero-order chi connectivity index (χ0) is 12.4. The number of anilines is 1. The van der Waals surface area contributed by atoms with Gasteiger partial charge in [-0.25, -0.2) is 9.97 Å². The van der Waals surface area contributed by atoms with Crippen LogP contribution in [0.25, 0.3) is 11.5 Å². The molecule has 2 rings (SSSR count). The Kier molecular flexibility index (Phi) is 3.02. The molecule has 0 aliphatic heterocycles. The molecule has 0 aliphatic rings. The van der Waals surface area contributed by atoms with E-state index < -0.39 is 0 Å². The second-order valence-electron chi connectivity index (χ2n) is 3.34. The predicted octanol–water partition coefficient (Wildman–Crippen LogP) is 2.06. The van der Waals surface area contributed by atoms with Crippen molar-refractivity contribution in [3.05, 3.63) is 34.1 Å². The van der Waals surface area contributed by atoms with Crippen molar-refractivity contribution in [3.8, 4) is 17.6 Å². The number of hydrogen-bond acceptors (Lipinski definition) is 5. The monoisotopic (exact) mass is 289 g/mol. The second-order valence-corrected chi connectivity index (χ2v) is 4.19. The van der Waals surface area contributed by atoms with Gasteiger partial charge in [-0.05, 0) is 35.0 Å². The SMILES string of the molecule is Cc1nc(-c2ncccc2Br)nc(N)c1C#N. The summed E-state index contributed by atoms with van der Waals surface area (Å²) in [5, 5.41) is 8.88. The van der Waals surface area contributed by atoms with Gasteiger partial charge in [-0.3, -0.25) is 4.98 Å². The van der Waals surface area contributed by atoms with Gasteiger partial charge in [0.05, 0.1) is 5.69 Å². The van der Waals surface area contributed by atoms with Gasteiger partial charge < -0.3 is 5.73 Å². The number of aryl methyl sites for hydroxylation is 1. The van der Waals surface area contributed by atoms with Gasteiger partial charge in [0.2, 0.25) is 0 Å². The Labute approximate surface area is 106 Å². The summed E-state index contributed by atoms with van der Waals surface area (Å²) < 4.78 is 0.781. The molecule has 2 aromatic heterocycles. The standard InChI is InChI=1S/C11H8BrN5/c1-6-7(5-13)10(14)17-11(16-6)9-8(12)3-2-4-15-9/h2-4H,1H3,(H2,14,16,17). The Morgan fingerprint density at radius 1 is 1.41 bits per heavy atom. The minimum atomic E-state index is 0.174. The number of pyridine rings is 1. The average Bonchev–Trinajstić information content (AvgIpc) is 2.29. The molecule has 0 unspecified atom stereocenters. The smallest absolute Gasteiger partial charge is 0.181 e. The third-order valence-corrected chi connectivity index (χ3v) is 2.84. The first kappa shape index (κ1) is 11.5. The third kappa shape index (κ3) is 2.10. The summed E-state index contributed by atoms with van der Waals surface area (Å²) in [4.78, 5) is 12.5. The molecule has 0 atom stereocenters. The van der Waals surface area contributed by atoms with Crippen molar-refractivity contribution >= 4 is 21.7 Å². The average molecular weight is 290 g/mol. The number of nitriles is 1.